The van der Waals surface area contributed by atoms with Crippen molar-refractivity contribution >= 4 is 6.21 Å². The molecule has 0 saturated heterocycles. The van der Waals surface area contributed by atoms with E-state index in [2.05, 4.69) is 11.6 Å². The Bertz CT molecular complexity index is 139. The molecule has 0 N–H and O–H groups in total. The Labute approximate surface area is 46.7 Å². The van der Waals surface area contributed by atoms with Crippen molar-refractivity contribution in [3.8, 4) is 0 Å². The number of rotatable bonds is 2. The monoisotopic (exact) mass is 114 g/mol. The second-order valence-corrected chi connectivity index (χ2v) is 1.06. The average molecular weight is 114 g/mol. The third-order valence-electron chi connectivity index (χ3n) is 0.489. The van der Waals surface area contributed by atoms with Crippen LogP contribution in [0, 0.1) is 10.1 Å². The molecule has 0 heterocycles. The second-order valence-electron chi connectivity index (χ2n) is 1.06. The lowest BCUT2D eigenvalue weighted by molar-refractivity contribution is -0.425. The van der Waals surface area contributed by atoms with Gasteiger partial charge in [-0.3, -0.25) is 0 Å². The molecule has 0 saturated carbocycles. The van der Waals surface area contributed by atoms with Crippen LogP contribution in [-0.2, 0) is 0 Å². The van der Waals surface area contributed by atoms with E-state index in [9.17, 15) is 10.1 Å². The van der Waals surface area contributed by atoms with Crippen LogP contribution in [0.25, 0.3) is 0 Å². The fourth-order valence-electron chi connectivity index (χ4n) is 0.196. The number of nitrogens with zero attached hydrogens (tertiary/aromatic N) is 2. The standard InChI is InChI=1S/C4H6N2O2/c1-3-5-4(2)6(7)8/h3H,2H2,1H3. The van der Waals surface area contributed by atoms with Crippen molar-refractivity contribution in [2.45, 2.75) is 6.92 Å². The van der Waals surface area contributed by atoms with Crippen LogP contribution in [0.1, 0.15) is 6.92 Å². The van der Waals surface area contributed by atoms with Gasteiger partial charge in [-0.25, -0.2) is 0 Å². The van der Waals surface area contributed by atoms with Gasteiger partial charge in [0, 0.05) is 0 Å². The predicted octanol–water partition coefficient (Wildman–Crippen LogP) is 0.825. The minimum atomic E-state index is -0.639. The normalized spacial score (nSPS) is 9.62. The van der Waals surface area contributed by atoms with Gasteiger partial charge in [-0.05, 0) is 18.4 Å². The summed E-state index contributed by atoms with van der Waals surface area (Å²) in [7, 11) is 0. The first-order chi connectivity index (χ1) is 3.68. The van der Waals surface area contributed by atoms with Crippen molar-refractivity contribution in [3.63, 3.8) is 0 Å². The first-order valence-electron chi connectivity index (χ1n) is 2.00. The van der Waals surface area contributed by atoms with Crippen LogP contribution < -0.4 is 0 Å². The zero-order chi connectivity index (χ0) is 6.57. The minimum absolute atomic E-state index is 0.326. The highest BCUT2D eigenvalue weighted by molar-refractivity contribution is 5.54. The van der Waals surface area contributed by atoms with E-state index in [0.29, 0.717) is 0 Å². The quantitative estimate of drug-likeness (QED) is 0.303. The van der Waals surface area contributed by atoms with Gasteiger partial charge in [0.05, 0.1) is 0 Å². The highest BCUT2D eigenvalue weighted by atomic mass is 16.6. The van der Waals surface area contributed by atoms with Crippen LogP contribution in [0.15, 0.2) is 17.4 Å². The van der Waals surface area contributed by atoms with Gasteiger partial charge in [0.15, 0.2) is 0 Å². The molecule has 0 aliphatic rings. The molecule has 0 aliphatic heterocycles. The van der Waals surface area contributed by atoms with E-state index in [4.69, 9.17) is 0 Å². The number of nitro groups is 1. The van der Waals surface area contributed by atoms with E-state index < -0.39 is 4.92 Å². The topological polar surface area (TPSA) is 55.5 Å². The molecule has 0 bridgehead atoms. The zero-order valence-corrected chi connectivity index (χ0v) is 4.50. The molecular weight excluding hydrogens is 108 g/mol. The van der Waals surface area contributed by atoms with Gasteiger partial charge in [0.1, 0.15) is 6.21 Å². The molecule has 0 aliphatic carbocycles. The summed E-state index contributed by atoms with van der Waals surface area (Å²) in [5.74, 6) is -0.326. The maximum Gasteiger partial charge on any atom is 0.355 e. The van der Waals surface area contributed by atoms with Gasteiger partial charge >= 0.3 is 5.82 Å². The van der Waals surface area contributed by atoms with Crippen molar-refractivity contribution in [2.24, 2.45) is 4.99 Å². The summed E-state index contributed by atoms with van der Waals surface area (Å²) < 4.78 is 0. The predicted molar refractivity (Wildman–Crippen MR) is 30.3 cm³/mol. The Morgan fingerprint density at radius 3 is 2.62 bits per heavy atom. The Kier molecular flexibility index (Phi) is 2.47. The lowest BCUT2D eigenvalue weighted by Crippen LogP contribution is -1.92. The van der Waals surface area contributed by atoms with Crippen molar-refractivity contribution in [1.82, 2.24) is 0 Å². The summed E-state index contributed by atoms with van der Waals surface area (Å²) in [4.78, 5) is 12.3. The number of hydrogen-bond donors (Lipinski definition) is 0. The molecule has 44 valence electrons. The highest BCUT2D eigenvalue weighted by Gasteiger charge is 1.97. The Morgan fingerprint density at radius 2 is 2.50 bits per heavy atom. The van der Waals surface area contributed by atoms with Crippen LogP contribution in [0.4, 0.5) is 0 Å². The van der Waals surface area contributed by atoms with Crippen LogP contribution >= 0.6 is 0 Å². The van der Waals surface area contributed by atoms with Gasteiger partial charge in [0.2, 0.25) is 0 Å². The molecule has 4 nitrogen and oxygen atoms in total. The van der Waals surface area contributed by atoms with Crippen molar-refractivity contribution in [2.75, 3.05) is 0 Å². The summed E-state index contributed by atoms with van der Waals surface area (Å²) in [6.45, 7) is 4.64. The summed E-state index contributed by atoms with van der Waals surface area (Å²) in [6.07, 6.45) is 1.32. The SMILES string of the molecule is C=C(N=CC)[N+](=O)[O-]. The fraction of sp³-hybridized carbons (Fsp3) is 0.250. The molecule has 0 fully saturated rings. The third kappa shape index (κ3) is 2.07. The molecule has 4 heteroatoms. The largest absolute Gasteiger partial charge is 0.358 e. The maximum atomic E-state index is 9.68. The Balaban J connectivity index is 3.85. The smallest absolute Gasteiger partial charge is 0.355 e. The lowest BCUT2D eigenvalue weighted by atomic mass is 10.8. The molecule has 0 aromatic heterocycles. The Morgan fingerprint density at radius 1 is 2.00 bits per heavy atom. The highest BCUT2D eigenvalue weighted by Crippen LogP contribution is 1.88. The first kappa shape index (κ1) is 6.81. The number of aliphatic imine (C=N–C) groups is 1. The van der Waals surface area contributed by atoms with E-state index in [0.717, 1.165) is 0 Å². The summed E-state index contributed by atoms with van der Waals surface area (Å²) in [5.41, 5.74) is 0. The van der Waals surface area contributed by atoms with E-state index in [-0.39, 0.29) is 5.82 Å². The summed E-state index contributed by atoms with van der Waals surface area (Å²) in [5, 5.41) is 9.68. The molecule has 0 atom stereocenters. The molecule has 0 aromatic carbocycles. The van der Waals surface area contributed by atoms with Gasteiger partial charge in [-0.1, -0.05) is 4.99 Å². The molecule has 0 unspecified atom stereocenters. The van der Waals surface area contributed by atoms with Crippen molar-refractivity contribution in [3.05, 3.63) is 22.5 Å². The number of hydrogen-bond acceptors (Lipinski definition) is 3. The molecule has 0 aromatic rings. The van der Waals surface area contributed by atoms with Gasteiger partial charge in [-0.15, -0.1) is 0 Å². The van der Waals surface area contributed by atoms with Crippen LogP contribution in [0.3, 0.4) is 0 Å². The minimum Gasteiger partial charge on any atom is -0.358 e. The van der Waals surface area contributed by atoms with Crippen LogP contribution in [-0.4, -0.2) is 11.1 Å². The van der Waals surface area contributed by atoms with Gasteiger partial charge < -0.3 is 10.1 Å². The maximum absolute atomic E-state index is 9.68. The first-order valence-corrected chi connectivity index (χ1v) is 2.00. The second kappa shape index (κ2) is 2.90. The summed E-state index contributed by atoms with van der Waals surface area (Å²) >= 11 is 0. The van der Waals surface area contributed by atoms with Crippen LogP contribution in [0.2, 0.25) is 0 Å². The van der Waals surface area contributed by atoms with Gasteiger partial charge in [-0.2, -0.15) is 0 Å². The van der Waals surface area contributed by atoms with Gasteiger partial charge in [0.25, 0.3) is 0 Å². The molecular formula is C4H6N2O2. The molecule has 0 amide bonds. The van der Waals surface area contributed by atoms with E-state index in [1.165, 1.54) is 6.21 Å². The fourth-order valence-corrected chi connectivity index (χ4v) is 0.196. The zero-order valence-electron chi connectivity index (χ0n) is 4.50. The summed E-state index contributed by atoms with van der Waals surface area (Å²) in [6, 6.07) is 0. The third-order valence-corrected chi connectivity index (χ3v) is 0.489. The van der Waals surface area contributed by atoms with E-state index in [1.54, 1.807) is 6.92 Å². The van der Waals surface area contributed by atoms with Crippen molar-refractivity contribution in [1.29, 1.82) is 0 Å². The van der Waals surface area contributed by atoms with Crippen LogP contribution in [0.5, 0.6) is 0 Å². The molecule has 0 spiro atoms. The average Bonchev–Trinajstić information content (AvgIpc) is 1.67. The lowest BCUT2D eigenvalue weighted by Gasteiger charge is -1.84. The molecule has 0 rings (SSSR count). The van der Waals surface area contributed by atoms with E-state index >= 15 is 0 Å². The molecule has 8 heavy (non-hydrogen) atoms. The molecule has 0 radical (unpaired) electrons. The Hall–Kier alpha value is -1.19. The van der Waals surface area contributed by atoms with Crippen molar-refractivity contribution < 1.29 is 4.92 Å². The van der Waals surface area contributed by atoms with E-state index in [1.807, 2.05) is 0 Å².